The number of amides is 1. The van der Waals surface area contributed by atoms with Crippen molar-refractivity contribution in [1.29, 1.82) is 0 Å². The highest BCUT2D eigenvalue weighted by Gasteiger charge is 2.40. The Kier molecular flexibility index (Phi) is 16.8. The van der Waals surface area contributed by atoms with Crippen LogP contribution in [0.1, 0.15) is 61.3 Å². The fraction of sp³-hybridized carbons (Fsp3) is 0.870. The van der Waals surface area contributed by atoms with Gasteiger partial charge in [0.05, 0.1) is 25.0 Å². The summed E-state index contributed by atoms with van der Waals surface area (Å²) in [5, 5.41) is 3.21. The summed E-state index contributed by atoms with van der Waals surface area (Å²) in [6.07, 6.45) is 1.55. The van der Waals surface area contributed by atoms with E-state index in [1.54, 1.807) is 11.8 Å². The van der Waals surface area contributed by atoms with Crippen molar-refractivity contribution in [3.8, 4) is 0 Å². The van der Waals surface area contributed by atoms with Crippen molar-refractivity contribution in [2.24, 2.45) is 23.7 Å². The second-order valence-corrected chi connectivity index (χ2v) is 9.10. The molecule has 2 aliphatic heterocycles. The number of hydrogen-bond donors (Lipinski definition) is 1. The smallest absolute Gasteiger partial charge is 0.410 e. The SMILES string of the molecule is CCOC(=O)C1CN(C(=O)OC(C)(C)C)CC1CC.CCOC(=O)C1CNCC1CC.Cl.Cl. The van der Waals surface area contributed by atoms with Gasteiger partial charge in [-0.15, -0.1) is 24.8 Å². The molecule has 1 amide bonds. The van der Waals surface area contributed by atoms with Crippen LogP contribution in [-0.4, -0.2) is 67.9 Å². The topological polar surface area (TPSA) is 94.2 Å². The van der Waals surface area contributed by atoms with Crippen LogP contribution in [0.2, 0.25) is 0 Å². The molecule has 33 heavy (non-hydrogen) atoms. The Morgan fingerprint density at radius 1 is 0.818 bits per heavy atom. The molecule has 0 radical (unpaired) electrons. The van der Waals surface area contributed by atoms with Crippen molar-refractivity contribution >= 4 is 42.8 Å². The van der Waals surface area contributed by atoms with Gasteiger partial charge in [-0.2, -0.15) is 0 Å². The lowest BCUT2D eigenvalue weighted by atomic mass is 9.94. The lowest BCUT2D eigenvalue weighted by Crippen LogP contribution is -2.36. The monoisotopic (exact) mass is 514 g/mol. The second kappa shape index (κ2) is 16.4. The number of carbonyl (C=O) groups excluding carboxylic acids is 3. The first-order chi connectivity index (χ1) is 14.6. The average molecular weight is 516 g/mol. The number of rotatable bonds is 6. The molecular formula is C23H44Cl2N2O6. The molecule has 0 bridgehead atoms. The van der Waals surface area contributed by atoms with E-state index in [0.29, 0.717) is 32.2 Å². The van der Waals surface area contributed by atoms with Crippen LogP contribution >= 0.6 is 24.8 Å². The van der Waals surface area contributed by atoms with Gasteiger partial charge in [0.2, 0.25) is 0 Å². The zero-order chi connectivity index (χ0) is 23.6. The molecule has 4 unspecified atom stereocenters. The van der Waals surface area contributed by atoms with E-state index in [-0.39, 0.29) is 60.6 Å². The number of ether oxygens (including phenoxy) is 3. The zero-order valence-corrected chi connectivity index (χ0v) is 22.8. The van der Waals surface area contributed by atoms with Gasteiger partial charge in [0, 0.05) is 19.6 Å². The molecule has 0 aromatic rings. The molecule has 0 spiro atoms. The Morgan fingerprint density at radius 3 is 1.79 bits per heavy atom. The normalized spacial score (nSPS) is 23.9. The molecule has 2 heterocycles. The van der Waals surface area contributed by atoms with Crippen LogP contribution < -0.4 is 5.32 Å². The molecular weight excluding hydrogens is 471 g/mol. The van der Waals surface area contributed by atoms with Gasteiger partial charge in [0.1, 0.15) is 5.60 Å². The maximum atomic E-state index is 12.0. The van der Waals surface area contributed by atoms with E-state index in [2.05, 4.69) is 12.2 Å². The Bertz CT molecular complexity index is 600. The highest BCUT2D eigenvalue weighted by atomic mass is 35.5. The van der Waals surface area contributed by atoms with Crippen LogP contribution in [0.5, 0.6) is 0 Å². The number of halogens is 2. The van der Waals surface area contributed by atoms with Gasteiger partial charge in [0.25, 0.3) is 0 Å². The van der Waals surface area contributed by atoms with E-state index in [1.807, 2.05) is 34.6 Å². The molecule has 2 saturated heterocycles. The van der Waals surface area contributed by atoms with Gasteiger partial charge in [-0.05, 0) is 53.0 Å². The minimum atomic E-state index is -0.513. The van der Waals surface area contributed by atoms with Gasteiger partial charge in [-0.3, -0.25) is 9.59 Å². The average Bonchev–Trinajstić information content (AvgIpc) is 3.34. The van der Waals surface area contributed by atoms with E-state index < -0.39 is 5.60 Å². The highest BCUT2D eigenvalue weighted by molar-refractivity contribution is 5.85. The van der Waals surface area contributed by atoms with Crippen molar-refractivity contribution < 1.29 is 28.6 Å². The van der Waals surface area contributed by atoms with E-state index in [4.69, 9.17) is 14.2 Å². The number of nitrogens with one attached hydrogen (secondary N) is 1. The van der Waals surface area contributed by atoms with Crippen LogP contribution in [0.15, 0.2) is 0 Å². The second-order valence-electron chi connectivity index (χ2n) is 9.10. The van der Waals surface area contributed by atoms with Crippen molar-refractivity contribution in [2.45, 2.75) is 66.9 Å². The maximum Gasteiger partial charge on any atom is 0.410 e. The van der Waals surface area contributed by atoms with Crippen LogP contribution in [-0.2, 0) is 23.8 Å². The fourth-order valence-corrected chi connectivity index (χ4v) is 3.96. The number of esters is 2. The quantitative estimate of drug-likeness (QED) is 0.421. The van der Waals surface area contributed by atoms with E-state index in [0.717, 1.165) is 25.9 Å². The van der Waals surface area contributed by atoms with Gasteiger partial charge in [-0.25, -0.2) is 4.79 Å². The Labute approximate surface area is 211 Å². The first-order valence-electron chi connectivity index (χ1n) is 11.6. The standard InChI is InChI=1S/C14H25NO4.C9H17NO2.2ClH/c1-6-10-8-15(13(17)19-14(3,4)5)9-11(10)12(16)18-7-2;1-3-7-5-10-6-8(7)9(11)12-4-2;;/h10-11H,6-9H2,1-5H3;7-8,10H,3-6H2,1-2H3;2*1H. The van der Waals surface area contributed by atoms with Crippen molar-refractivity contribution in [1.82, 2.24) is 10.2 Å². The van der Waals surface area contributed by atoms with Gasteiger partial charge >= 0.3 is 18.0 Å². The lowest BCUT2D eigenvalue weighted by Gasteiger charge is -2.24. The number of carbonyl (C=O) groups is 3. The van der Waals surface area contributed by atoms with E-state index in [9.17, 15) is 14.4 Å². The molecule has 0 aromatic heterocycles. The van der Waals surface area contributed by atoms with Crippen molar-refractivity contribution in [3.63, 3.8) is 0 Å². The molecule has 0 saturated carbocycles. The van der Waals surface area contributed by atoms with Crippen LogP contribution in [0, 0.1) is 23.7 Å². The molecule has 196 valence electrons. The number of nitrogens with zero attached hydrogens (tertiary/aromatic N) is 1. The summed E-state index contributed by atoms with van der Waals surface area (Å²) in [5.74, 6) is 0.262. The third-order valence-electron chi connectivity index (χ3n) is 5.66. The van der Waals surface area contributed by atoms with Gasteiger partial charge < -0.3 is 24.4 Å². The van der Waals surface area contributed by atoms with Crippen molar-refractivity contribution in [2.75, 3.05) is 39.4 Å². The largest absolute Gasteiger partial charge is 0.466 e. The summed E-state index contributed by atoms with van der Waals surface area (Å²) in [5.41, 5.74) is -0.513. The first kappa shape index (κ1) is 33.9. The predicted molar refractivity (Wildman–Crippen MR) is 133 cm³/mol. The summed E-state index contributed by atoms with van der Waals surface area (Å²) in [7, 11) is 0. The zero-order valence-electron chi connectivity index (χ0n) is 21.2. The minimum Gasteiger partial charge on any atom is -0.466 e. The molecule has 10 heteroatoms. The highest BCUT2D eigenvalue weighted by Crippen LogP contribution is 2.28. The molecule has 2 rings (SSSR count). The van der Waals surface area contributed by atoms with Crippen molar-refractivity contribution in [3.05, 3.63) is 0 Å². The molecule has 1 N–H and O–H groups in total. The Balaban J connectivity index is 0. The predicted octanol–water partition coefficient (Wildman–Crippen LogP) is 4.08. The summed E-state index contributed by atoms with van der Waals surface area (Å²) < 4.78 is 15.4. The molecule has 0 aromatic carbocycles. The molecule has 0 aliphatic carbocycles. The van der Waals surface area contributed by atoms with Crippen LogP contribution in [0.4, 0.5) is 4.79 Å². The van der Waals surface area contributed by atoms with E-state index in [1.165, 1.54) is 0 Å². The van der Waals surface area contributed by atoms with E-state index >= 15 is 0 Å². The number of hydrogen-bond acceptors (Lipinski definition) is 7. The molecule has 8 nitrogen and oxygen atoms in total. The van der Waals surface area contributed by atoms with Gasteiger partial charge in [0.15, 0.2) is 0 Å². The molecule has 2 fully saturated rings. The molecule has 2 aliphatic rings. The fourth-order valence-electron chi connectivity index (χ4n) is 3.96. The summed E-state index contributed by atoms with van der Waals surface area (Å²) in [6, 6.07) is 0. The molecule has 4 atom stereocenters. The summed E-state index contributed by atoms with van der Waals surface area (Å²) in [6.45, 7) is 16.9. The van der Waals surface area contributed by atoms with Crippen LogP contribution in [0.25, 0.3) is 0 Å². The maximum absolute atomic E-state index is 12.0. The van der Waals surface area contributed by atoms with Gasteiger partial charge in [-0.1, -0.05) is 26.7 Å². The summed E-state index contributed by atoms with van der Waals surface area (Å²) >= 11 is 0. The third-order valence-corrected chi connectivity index (χ3v) is 5.66. The minimum absolute atomic E-state index is 0. The Hall–Kier alpha value is -1.25. The van der Waals surface area contributed by atoms with Crippen LogP contribution in [0.3, 0.4) is 0 Å². The first-order valence-corrected chi connectivity index (χ1v) is 11.6. The Morgan fingerprint density at radius 2 is 1.33 bits per heavy atom. The third kappa shape index (κ3) is 11.1. The summed E-state index contributed by atoms with van der Waals surface area (Å²) in [4.78, 5) is 36.8. The number of likely N-dealkylation sites (tertiary alicyclic amines) is 1. The lowest BCUT2D eigenvalue weighted by molar-refractivity contribution is -0.149.